The molecule has 1 aromatic rings. The number of nitrogens with zero attached hydrogens (tertiary/aromatic N) is 1. The molecule has 112 valence electrons. The van der Waals surface area contributed by atoms with Gasteiger partial charge in [0, 0.05) is 13.1 Å². The molecule has 5 nitrogen and oxygen atoms in total. The van der Waals surface area contributed by atoms with Crippen LogP contribution in [0.2, 0.25) is 0 Å². The first-order valence-electron chi connectivity index (χ1n) is 5.84. The summed E-state index contributed by atoms with van der Waals surface area (Å²) < 4.78 is 38.3. The number of anilines is 1. The van der Waals surface area contributed by atoms with Crippen LogP contribution in [0.5, 0.6) is 0 Å². The van der Waals surface area contributed by atoms with Gasteiger partial charge in [0.05, 0.1) is 24.5 Å². The second-order valence-electron chi connectivity index (χ2n) is 3.91. The zero-order valence-corrected chi connectivity index (χ0v) is 10.5. The number of nitrogens with one attached hydrogen (secondary N) is 1. The Morgan fingerprint density at radius 2 is 1.70 bits per heavy atom. The Balaban J connectivity index is 2.89. The monoisotopic (exact) mass is 292 g/mol. The molecule has 8 heteroatoms. The molecule has 0 aliphatic rings. The van der Waals surface area contributed by atoms with E-state index in [9.17, 15) is 18.0 Å². The molecule has 3 N–H and O–H groups in total. The van der Waals surface area contributed by atoms with Crippen molar-refractivity contribution in [2.75, 3.05) is 31.6 Å². The first-order valence-corrected chi connectivity index (χ1v) is 5.84. The first-order chi connectivity index (χ1) is 9.40. The lowest BCUT2D eigenvalue weighted by Gasteiger charge is -2.22. The van der Waals surface area contributed by atoms with E-state index in [1.807, 2.05) is 0 Å². The predicted octanol–water partition coefficient (Wildman–Crippen LogP) is 1.52. The Labute approximate surface area is 113 Å². The molecule has 0 spiro atoms. The van der Waals surface area contributed by atoms with E-state index >= 15 is 0 Å². The van der Waals surface area contributed by atoms with Gasteiger partial charge in [-0.1, -0.05) is 12.1 Å². The van der Waals surface area contributed by atoms with Crippen LogP contribution in [-0.2, 0) is 6.18 Å². The minimum Gasteiger partial charge on any atom is -0.395 e. The van der Waals surface area contributed by atoms with Gasteiger partial charge in [-0.15, -0.1) is 0 Å². The van der Waals surface area contributed by atoms with Crippen molar-refractivity contribution in [3.8, 4) is 0 Å². The fourth-order valence-electron chi connectivity index (χ4n) is 1.59. The molecule has 0 atom stereocenters. The van der Waals surface area contributed by atoms with Gasteiger partial charge in [0.2, 0.25) is 0 Å². The van der Waals surface area contributed by atoms with Crippen molar-refractivity contribution in [2.24, 2.45) is 0 Å². The summed E-state index contributed by atoms with van der Waals surface area (Å²) in [4.78, 5) is 12.8. The van der Waals surface area contributed by atoms with E-state index in [0.29, 0.717) is 0 Å². The fourth-order valence-corrected chi connectivity index (χ4v) is 1.59. The van der Waals surface area contributed by atoms with Gasteiger partial charge >= 0.3 is 12.2 Å². The number of carbonyl (C=O) groups excluding carboxylic acids is 1. The zero-order valence-electron chi connectivity index (χ0n) is 10.5. The average molecular weight is 292 g/mol. The highest BCUT2D eigenvalue weighted by Gasteiger charge is 2.33. The summed E-state index contributed by atoms with van der Waals surface area (Å²) in [6, 6.07) is 3.77. The highest BCUT2D eigenvalue weighted by Crippen LogP contribution is 2.34. The summed E-state index contributed by atoms with van der Waals surface area (Å²) in [5.41, 5.74) is -1.33. The van der Waals surface area contributed by atoms with Crippen molar-refractivity contribution in [2.45, 2.75) is 6.18 Å². The molecule has 0 unspecified atom stereocenters. The number of hydrogen-bond acceptors (Lipinski definition) is 3. The largest absolute Gasteiger partial charge is 0.418 e. The molecule has 0 radical (unpaired) electrons. The molecule has 20 heavy (non-hydrogen) atoms. The van der Waals surface area contributed by atoms with Gasteiger partial charge < -0.3 is 20.4 Å². The molecule has 0 aliphatic carbocycles. The lowest BCUT2D eigenvalue weighted by atomic mass is 10.1. The smallest absolute Gasteiger partial charge is 0.395 e. The summed E-state index contributed by atoms with van der Waals surface area (Å²) in [5.74, 6) is 0. The van der Waals surface area contributed by atoms with Crippen molar-refractivity contribution in [1.82, 2.24) is 4.90 Å². The Morgan fingerprint density at radius 1 is 1.15 bits per heavy atom. The van der Waals surface area contributed by atoms with Crippen LogP contribution in [0.15, 0.2) is 24.3 Å². The summed E-state index contributed by atoms with van der Waals surface area (Å²) in [7, 11) is 0. The second kappa shape index (κ2) is 7.11. The van der Waals surface area contributed by atoms with Crippen molar-refractivity contribution in [3.63, 3.8) is 0 Å². The number of alkyl halides is 3. The van der Waals surface area contributed by atoms with E-state index in [0.717, 1.165) is 17.0 Å². The number of carbonyl (C=O) groups is 1. The van der Waals surface area contributed by atoms with E-state index < -0.39 is 17.8 Å². The molecule has 1 rings (SSSR count). The number of benzene rings is 1. The van der Waals surface area contributed by atoms with Crippen LogP contribution in [-0.4, -0.2) is 47.4 Å². The molecule has 0 saturated heterocycles. The van der Waals surface area contributed by atoms with E-state index in [-0.39, 0.29) is 32.0 Å². The van der Waals surface area contributed by atoms with Crippen molar-refractivity contribution in [3.05, 3.63) is 29.8 Å². The van der Waals surface area contributed by atoms with Gasteiger partial charge in [-0.3, -0.25) is 0 Å². The number of aliphatic hydroxyl groups is 2. The van der Waals surface area contributed by atoms with E-state index in [1.54, 1.807) is 0 Å². The topological polar surface area (TPSA) is 72.8 Å². The van der Waals surface area contributed by atoms with Crippen molar-refractivity contribution in [1.29, 1.82) is 0 Å². The Hall–Kier alpha value is -1.80. The summed E-state index contributed by atoms with van der Waals surface area (Å²) >= 11 is 0. The summed E-state index contributed by atoms with van der Waals surface area (Å²) in [5, 5.41) is 19.7. The number of rotatable bonds is 5. The quantitative estimate of drug-likeness (QED) is 0.770. The lowest BCUT2D eigenvalue weighted by molar-refractivity contribution is -0.136. The molecule has 0 aliphatic heterocycles. The summed E-state index contributed by atoms with van der Waals surface area (Å²) in [6.07, 6.45) is -4.58. The maximum Gasteiger partial charge on any atom is 0.418 e. The van der Waals surface area contributed by atoms with Crippen LogP contribution in [0.3, 0.4) is 0 Å². The first kappa shape index (κ1) is 16.3. The predicted molar refractivity (Wildman–Crippen MR) is 66.2 cm³/mol. The van der Waals surface area contributed by atoms with Gasteiger partial charge in [0.25, 0.3) is 0 Å². The third-order valence-electron chi connectivity index (χ3n) is 2.50. The molecule has 0 heterocycles. The van der Waals surface area contributed by atoms with Gasteiger partial charge in [-0.2, -0.15) is 13.2 Å². The minimum atomic E-state index is -4.58. The number of para-hydroxylation sites is 1. The molecule has 0 bridgehead atoms. The standard InChI is InChI=1S/C12H15F3N2O3/c13-12(14,15)9-3-1-2-4-10(9)16-11(20)17(5-7-18)6-8-19/h1-4,18-19H,5-8H2,(H,16,20). The third kappa shape index (κ3) is 4.39. The Kier molecular flexibility index (Phi) is 5.78. The maximum atomic E-state index is 12.8. The van der Waals surface area contributed by atoms with Gasteiger partial charge in [0.1, 0.15) is 0 Å². The number of halogens is 3. The molecule has 0 aromatic heterocycles. The third-order valence-corrected chi connectivity index (χ3v) is 2.50. The van der Waals surface area contributed by atoms with Crippen molar-refractivity contribution >= 4 is 11.7 Å². The normalized spacial score (nSPS) is 11.2. The maximum absolute atomic E-state index is 12.8. The second-order valence-corrected chi connectivity index (χ2v) is 3.91. The van der Waals surface area contributed by atoms with Gasteiger partial charge in [-0.25, -0.2) is 4.79 Å². The number of amides is 2. The van der Waals surface area contributed by atoms with E-state index in [1.165, 1.54) is 12.1 Å². The van der Waals surface area contributed by atoms with Gasteiger partial charge in [0.15, 0.2) is 0 Å². The molecule has 1 aromatic carbocycles. The molecule has 0 saturated carbocycles. The molecular formula is C12H15F3N2O3. The Morgan fingerprint density at radius 3 is 2.20 bits per heavy atom. The lowest BCUT2D eigenvalue weighted by Crippen LogP contribution is -2.39. The zero-order chi connectivity index (χ0) is 15.2. The van der Waals surface area contributed by atoms with E-state index in [2.05, 4.69) is 5.32 Å². The molecule has 2 amide bonds. The Bertz CT molecular complexity index is 446. The number of urea groups is 1. The van der Waals surface area contributed by atoms with Crippen LogP contribution < -0.4 is 5.32 Å². The van der Waals surface area contributed by atoms with Crippen LogP contribution >= 0.6 is 0 Å². The SMILES string of the molecule is O=C(Nc1ccccc1C(F)(F)F)N(CCO)CCO. The number of aliphatic hydroxyl groups excluding tert-OH is 2. The fraction of sp³-hybridized carbons (Fsp3) is 0.417. The van der Waals surface area contributed by atoms with Crippen LogP contribution in [0.1, 0.15) is 5.56 Å². The van der Waals surface area contributed by atoms with Crippen molar-refractivity contribution < 1.29 is 28.2 Å². The minimum absolute atomic E-state index is 0.0828. The molecular weight excluding hydrogens is 277 g/mol. The highest BCUT2D eigenvalue weighted by atomic mass is 19.4. The number of hydrogen-bond donors (Lipinski definition) is 3. The van der Waals surface area contributed by atoms with Crippen LogP contribution in [0, 0.1) is 0 Å². The highest BCUT2D eigenvalue weighted by molar-refractivity contribution is 5.90. The van der Waals surface area contributed by atoms with E-state index in [4.69, 9.17) is 10.2 Å². The summed E-state index contributed by atoms with van der Waals surface area (Å²) in [6.45, 7) is -0.871. The van der Waals surface area contributed by atoms with Crippen LogP contribution in [0.4, 0.5) is 23.7 Å². The average Bonchev–Trinajstić information content (AvgIpc) is 2.38. The van der Waals surface area contributed by atoms with Gasteiger partial charge in [-0.05, 0) is 12.1 Å². The van der Waals surface area contributed by atoms with Crippen LogP contribution in [0.25, 0.3) is 0 Å². The molecule has 0 fully saturated rings.